The number of benzene rings is 1. The molecular weight excluding hydrogens is 246 g/mol. The van der Waals surface area contributed by atoms with Gasteiger partial charge in [-0.2, -0.15) is 0 Å². The Kier molecular flexibility index (Phi) is 2.63. The van der Waals surface area contributed by atoms with Crippen molar-refractivity contribution in [3.05, 3.63) is 28.8 Å². The Hall–Kier alpha value is -1.42. The predicted molar refractivity (Wildman–Crippen MR) is 72.4 cm³/mol. The third kappa shape index (κ3) is 1.81. The Morgan fingerprint density at radius 3 is 2.78 bits per heavy atom. The topological polar surface area (TPSA) is 50.2 Å². The maximum atomic E-state index is 11.0. The summed E-state index contributed by atoms with van der Waals surface area (Å²) in [7, 11) is 0. The number of nitrogens with zero attached hydrogens (tertiary/aromatic N) is 1. The third-order valence-electron chi connectivity index (χ3n) is 3.86. The highest BCUT2D eigenvalue weighted by Gasteiger charge is 2.33. The zero-order valence-corrected chi connectivity index (χ0v) is 11.1. The number of carboxylic acid groups (broad SMARTS) is 1. The number of carbonyl (C=O) groups is 1. The van der Waals surface area contributed by atoms with Crippen molar-refractivity contribution in [1.29, 1.82) is 0 Å². The zero-order valence-electron chi connectivity index (χ0n) is 10.3. The van der Waals surface area contributed by atoms with Gasteiger partial charge in [0.05, 0.1) is 20.8 Å². The van der Waals surface area contributed by atoms with E-state index in [-0.39, 0.29) is 5.41 Å². The third-order valence-corrected chi connectivity index (χ3v) is 5.18. The molecule has 1 saturated carbocycles. The van der Waals surface area contributed by atoms with Gasteiger partial charge in [-0.3, -0.25) is 0 Å². The zero-order chi connectivity index (χ0) is 12.8. The molecule has 1 aromatic heterocycles. The van der Waals surface area contributed by atoms with Crippen molar-refractivity contribution in [2.75, 3.05) is 0 Å². The molecule has 1 N–H and O–H groups in total. The van der Waals surface area contributed by atoms with E-state index < -0.39 is 5.97 Å². The van der Waals surface area contributed by atoms with Gasteiger partial charge >= 0.3 is 5.97 Å². The van der Waals surface area contributed by atoms with Crippen molar-refractivity contribution >= 4 is 27.5 Å². The lowest BCUT2D eigenvalue weighted by molar-refractivity contribution is 0.0697. The van der Waals surface area contributed by atoms with Crippen LogP contribution in [0.3, 0.4) is 0 Å². The van der Waals surface area contributed by atoms with Crippen LogP contribution < -0.4 is 0 Å². The summed E-state index contributed by atoms with van der Waals surface area (Å²) in [6, 6.07) is 5.18. The van der Waals surface area contributed by atoms with Crippen LogP contribution in [0.15, 0.2) is 18.2 Å². The highest BCUT2D eigenvalue weighted by molar-refractivity contribution is 7.18. The molecule has 0 radical (unpaired) electrons. The van der Waals surface area contributed by atoms with Crippen molar-refractivity contribution < 1.29 is 9.90 Å². The molecule has 1 fully saturated rings. The van der Waals surface area contributed by atoms with Crippen LogP contribution in [-0.2, 0) is 5.41 Å². The monoisotopic (exact) mass is 261 g/mol. The van der Waals surface area contributed by atoms with Crippen LogP contribution in [-0.4, -0.2) is 16.1 Å². The van der Waals surface area contributed by atoms with Gasteiger partial charge in [0, 0.05) is 5.41 Å². The van der Waals surface area contributed by atoms with Gasteiger partial charge in [0.15, 0.2) is 0 Å². The Bertz CT molecular complexity index is 611. The first-order valence-corrected chi connectivity index (χ1v) is 7.04. The SMILES string of the molecule is CC1(c2nc3ccc(C(=O)O)cc3s2)CCCC1. The first kappa shape index (κ1) is 11.7. The Morgan fingerprint density at radius 2 is 2.11 bits per heavy atom. The van der Waals surface area contributed by atoms with E-state index in [1.807, 2.05) is 6.07 Å². The summed E-state index contributed by atoms with van der Waals surface area (Å²) in [6.45, 7) is 2.27. The minimum atomic E-state index is -0.876. The molecule has 1 heterocycles. The Labute approximate surface area is 109 Å². The fourth-order valence-corrected chi connectivity index (χ4v) is 3.89. The molecule has 0 spiro atoms. The molecule has 1 aromatic carbocycles. The summed E-state index contributed by atoms with van der Waals surface area (Å²) in [4.78, 5) is 15.6. The maximum absolute atomic E-state index is 11.0. The van der Waals surface area contributed by atoms with Gasteiger partial charge in [0.25, 0.3) is 0 Å². The van der Waals surface area contributed by atoms with Gasteiger partial charge in [0.1, 0.15) is 0 Å². The summed E-state index contributed by atoms with van der Waals surface area (Å²) in [6.07, 6.45) is 4.93. The van der Waals surface area contributed by atoms with Crippen LogP contribution in [0, 0.1) is 0 Å². The van der Waals surface area contributed by atoms with Crippen LogP contribution in [0.5, 0.6) is 0 Å². The maximum Gasteiger partial charge on any atom is 0.335 e. The van der Waals surface area contributed by atoms with Crippen LogP contribution in [0.2, 0.25) is 0 Å². The number of aromatic carboxylic acids is 1. The van der Waals surface area contributed by atoms with Crippen molar-refractivity contribution in [3.63, 3.8) is 0 Å². The molecule has 1 aliphatic rings. The van der Waals surface area contributed by atoms with Crippen LogP contribution in [0.4, 0.5) is 0 Å². The van der Waals surface area contributed by atoms with Gasteiger partial charge in [-0.15, -0.1) is 11.3 Å². The number of thiazole rings is 1. The molecule has 0 atom stereocenters. The largest absolute Gasteiger partial charge is 0.478 e. The number of carboxylic acids is 1. The van der Waals surface area contributed by atoms with E-state index in [2.05, 4.69) is 6.92 Å². The Morgan fingerprint density at radius 1 is 1.39 bits per heavy atom. The molecule has 1 aliphatic carbocycles. The fraction of sp³-hybridized carbons (Fsp3) is 0.429. The van der Waals surface area contributed by atoms with Crippen molar-refractivity contribution in [1.82, 2.24) is 4.98 Å². The molecule has 0 amide bonds. The fourth-order valence-electron chi connectivity index (χ4n) is 2.69. The second-order valence-corrected chi connectivity index (χ2v) is 6.31. The molecule has 94 valence electrons. The Balaban J connectivity index is 2.08. The lowest BCUT2D eigenvalue weighted by Gasteiger charge is -2.19. The molecule has 2 aromatic rings. The van der Waals surface area contributed by atoms with Gasteiger partial charge < -0.3 is 5.11 Å². The second kappa shape index (κ2) is 4.05. The van der Waals surface area contributed by atoms with Crippen molar-refractivity contribution in [3.8, 4) is 0 Å². The smallest absolute Gasteiger partial charge is 0.335 e. The van der Waals surface area contributed by atoms with Gasteiger partial charge in [0.2, 0.25) is 0 Å². The molecule has 0 unspecified atom stereocenters. The van der Waals surface area contributed by atoms with E-state index >= 15 is 0 Å². The molecule has 18 heavy (non-hydrogen) atoms. The van der Waals surface area contributed by atoms with E-state index in [1.165, 1.54) is 25.7 Å². The minimum absolute atomic E-state index is 0.201. The van der Waals surface area contributed by atoms with Crippen molar-refractivity contribution in [2.24, 2.45) is 0 Å². The van der Waals surface area contributed by atoms with E-state index in [4.69, 9.17) is 10.1 Å². The van der Waals surface area contributed by atoms with Gasteiger partial charge in [-0.1, -0.05) is 19.8 Å². The van der Waals surface area contributed by atoms with E-state index in [1.54, 1.807) is 23.5 Å². The second-order valence-electron chi connectivity index (χ2n) is 5.27. The highest BCUT2D eigenvalue weighted by Crippen LogP contribution is 2.43. The summed E-state index contributed by atoms with van der Waals surface area (Å²) < 4.78 is 0.984. The van der Waals surface area contributed by atoms with E-state index in [0.717, 1.165) is 15.2 Å². The number of fused-ring (bicyclic) bond motifs is 1. The summed E-state index contributed by atoms with van der Waals surface area (Å²) in [5.74, 6) is -0.876. The molecule has 0 aliphatic heterocycles. The number of aromatic nitrogens is 1. The lowest BCUT2D eigenvalue weighted by atomic mass is 9.90. The average molecular weight is 261 g/mol. The minimum Gasteiger partial charge on any atom is -0.478 e. The normalized spacial score (nSPS) is 18.3. The molecule has 3 rings (SSSR count). The number of hydrogen-bond acceptors (Lipinski definition) is 3. The lowest BCUT2D eigenvalue weighted by Crippen LogP contribution is -2.15. The van der Waals surface area contributed by atoms with Gasteiger partial charge in [-0.05, 0) is 31.0 Å². The van der Waals surface area contributed by atoms with Crippen LogP contribution >= 0.6 is 11.3 Å². The summed E-state index contributed by atoms with van der Waals surface area (Å²) in [5, 5.41) is 10.2. The first-order chi connectivity index (χ1) is 8.58. The van der Waals surface area contributed by atoms with E-state index in [9.17, 15) is 4.79 Å². The molecule has 0 bridgehead atoms. The molecule has 4 heteroatoms. The quantitative estimate of drug-likeness (QED) is 0.893. The van der Waals surface area contributed by atoms with E-state index in [0.29, 0.717) is 5.56 Å². The first-order valence-electron chi connectivity index (χ1n) is 6.23. The van der Waals surface area contributed by atoms with Crippen LogP contribution in [0.1, 0.15) is 48.0 Å². The standard InChI is InChI=1S/C14H15NO2S/c1-14(6-2-3-7-14)13-15-10-5-4-9(12(16)17)8-11(10)18-13/h4-5,8H,2-3,6-7H2,1H3,(H,16,17). The van der Waals surface area contributed by atoms with Crippen molar-refractivity contribution in [2.45, 2.75) is 38.0 Å². The number of hydrogen-bond donors (Lipinski definition) is 1. The molecular formula is C14H15NO2S. The molecule has 3 nitrogen and oxygen atoms in total. The summed E-state index contributed by atoms with van der Waals surface area (Å²) >= 11 is 1.65. The average Bonchev–Trinajstić information content (AvgIpc) is 2.94. The predicted octanol–water partition coefficient (Wildman–Crippen LogP) is 3.83. The highest BCUT2D eigenvalue weighted by atomic mass is 32.1. The number of rotatable bonds is 2. The van der Waals surface area contributed by atoms with Gasteiger partial charge in [-0.25, -0.2) is 9.78 Å². The van der Waals surface area contributed by atoms with Crippen LogP contribution in [0.25, 0.3) is 10.2 Å². The molecule has 0 saturated heterocycles. The summed E-state index contributed by atoms with van der Waals surface area (Å²) in [5.41, 5.74) is 1.47.